The van der Waals surface area contributed by atoms with Gasteiger partial charge in [-0.2, -0.15) is 0 Å². The van der Waals surface area contributed by atoms with Crippen LogP contribution in [0.15, 0.2) is 11.1 Å². The SMILES string of the molecule is CO[C@@]1(C)CC2=C(C(O)OC2=O)[C@@H](O)[C@@H]2CC(C)(C)C[C@@H]21. The summed E-state index contributed by atoms with van der Waals surface area (Å²) < 4.78 is 10.7. The molecule has 1 heterocycles. The standard InChI is InChI=1S/C16H24O5/c1-15(2)5-8-10(7-15)16(3,20-4)6-9-11(12(8)17)14(19)21-13(9)18/h8,10,12,14,17,19H,5-7H2,1-4H3/t8-,10+,12+,14?,16+/m1/s1. The summed E-state index contributed by atoms with van der Waals surface area (Å²) in [6.07, 6.45) is -0.000205. The van der Waals surface area contributed by atoms with Gasteiger partial charge >= 0.3 is 5.97 Å². The fourth-order valence-corrected chi connectivity index (χ4v) is 4.55. The molecule has 5 atom stereocenters. The molecule has 1 saturated carbocycles. The highest BCUT2D eigenvalue weighted by molar-refractivity contribution is 5.92. The van der Waals surface area contributed by atoms with Crippen molar-refractivity contribution in [1.29, 1.82) is 0 Å². The number of carbonyl (C=O) groups is 1. The van der Waals surface area contributed by atoms with Crippen molar-refractivity contribution in [2.75, 3.05) is 7.11 Å². The predicted octanol–water partition coefficient (Wildman–Crippen LogP) is 1.38. The van der Waals surface area contributed by atoms with E-state index < -0.39 is 24.0 Å². The van der Waals surface area contributed by atoms with E-state index in [4.69, 9.17) is 9.47 Å². The fraction of sp³-hybridized carbons (Fsp3) is 0.812. The minimum absolute atomic E-state index is 0.0263. The second kappa shape index (κ2) is 4.54. The first kappa shape index (κ1) is 15.0. The Morgan fingerprint density at radius 1 is 1.24 bits per heavy atom. The van der Waals surface area contributed by atoms with Crippen molar-refractivity contribution in [2.24, 2.45) is 17.3 Å². The van der Waals surface area contributed by atoms with E-state index in [1.54, 1.807) is 7.11 Å². The second-order valence-corrected chi connectivity index (χ2v) is 7.67. The summed E-state index contributed by atoms with van der Waals surface area (Å²) in [7, 11) is 1.65. The Balaban J connectivity index is 2.09. The van der Waals surface area contributed by atoms with Gasteiger partial charge in [-0.25, -0.2) is 4.79 Å². The third-order valence-corrected chi connectivity index (χ3v) is 5.66. The van der Waals surface area contributed by atoms with Crippen LogP contribution in [0, 0.1) is 17.3 Å². The van der Waals surface area contributed by atoms with E-state index in [0.717, 1.165) is 12.8 Å². The summed E-state index contributed by atoms with van der Waals surface area (Å²) in [6, 6.07) is 0. The molecule has 1 aliphatic heterocycles. The lowest BCUT2D eigenvalue weighted by atomic mass is 9.77. The van der Waals surface area contributed by atoms with Crippen LogP contribution in [0.25, 0.3) is 0 Å². The summed E-state index contributed by atoms with van der Waals surface area (Å²) in [4.78, 5) is 12.0. The number of rotatable bonds is 1. The Kier molecular flexibility index (Phi) is 3.24. The number of esters is 1. The smallest absolute Gasteiger partial charge is 0.336 e. The van der Waals surface area contributed by atoms with Gasteiger partial charge in [-0.1, -0.05) is 13.8 Å². The van der Waals surface area contributed by atoms with Crippen molar-refractivity contribution in [2.45, 2.75) is 58.0 Å². The second-order valence-electron chi connectivity index (χ2n) is 7.67. The molecule has 0 spiro atoms. The van der Waals surface area contributed by atoms with Crippen LogP contribution in [0.4, 0.5) is 0 Å². The molecular formula is C16H24O5. The van der Waals surface area contributed by atoms with Crippen LogP contribution in [-0.4, -0.2) is 41.3 Å². The largest absolute Gasteiger partial charge is 0.428 e. The average Bonchev–Trinajstić information content (AvgIpc) is 2.83. The summed E-state index contributed by atoms with van der Waals surface area (Å²) in [6.45, 7) is 6.37. The summed E-state index contributed by atoms with van der Waals surface area (Å²) >= 11 is 0. The van der Waals surface area contributed by atoms with Gasteiger partial charge in [0, 0.05) is 24.7 Å². The maximum atomic E-state index is 12.0. The van der Waals surface area contributed by atoms with Crippen molar-refractivity contribution >= 4 is 5.97 Å². The number of methoxy groups -OCH3 is 1. The van der Waals surface area contributed by atoms with Crippen molar-refractivity contribution in [1.82, 2.24) is 0 Å². The monoisotopic (exact) mass is 296 g/mol. The van der Waals surface area contributed by atoms with E-state index in [9.17, 15) is 15.0 Å². The third-order valence-electron chi connectivity index (χ3n) is 5.66. The molecule has 0 bridgehead atoms. The van der Waals surface area contributed by atoms with Gasteiger partial charge in [-0.3, -0.25) is 0 Å². The molecule has 21 heavy (non-hydrogen) atoms. The lowest BCUT2D eigenvalue weighted by Crippen LogP contribution is -2.41. The number of cyclic esters (lactones) is 1. The van der Waals surface area contributed by atoms with E-state index in [2.05, 4.69) is 13.8 Å². The Labute approximate surface area is 124 Å². The molecule has 0 aromatic heterocycles. The minimum Gasteiger partial charge on any atom is -0.428 e. The van der Waals surface area contributed by atoms with E-state index >= 15 is 0 Å². The van der Waals surface area contributed by atoms with Gasteiger partial charge in [-0.05, 0) is 37.0 Å². The highest BCUT2D eigenvalue weighted by Crippen LogP contribution is 2.56. The molecule has 0 radical (unpaired) electrons. The van der Waals surface area contributed by atoms with Crippen molar-refractivity contribution in [3.05, 3.63) is 11.1 Å². The molecule has 0 aromatic carbocycles. The van der Waals surface area contributed by atoms with Crippen molar-refractivity contribution in [3.8, 4) is 0 Å². The summed E-state index contributed by atoms with van der Waals surface area (Å²) in [5.74, 6) is -0.404. The molecule has 1 unspecified atom stereocenters. The molecule has 0 amide bonds. The molecule has 0 aromatic rings. The fourth-order valence-electron chi connectivity index (χ4n) is 4.55. The average molecular weight is 296 g/mol. The Morgan fingerprint density at radius 2 is 1.90 bits per heavy atom. The maximum Gasteiger partial charge on any atom is 0.336 e. The van der Waals surface area contributed by atoms with Gasteiger partial charge in [0.05, 0.1) is 11.7 Å². The first-order chi connectivity index (χ1) is 9.68. The zero-order valence-corrected chi connectivity index (χ0v) is 13.0. The van der Waals surface area contributed by atoms with Crippen LogP contribution < -0.4 is 0 Å². The van der Waals surface area contributed by atoms with E-state index in [1.807, 2.05) is 6.92 Å². The molecule has 3 rings (SSSR count). The van der Waals surface area contributed by atoms with E-state index in [0.29, 0.717) is 17.6 Å². The van der Waals surface area contributed by atoms with Gasteiger partial charge in [0.15, 0.2) is 0 Å². The molecule has 5 nitrogen and oxygen atoms in total. The molecule has 5 heteroatoms. The topological polar surface area (TPSA) is 76.0 Å². The molecular weight excluding hydrogens is 272 g/mol. The lowest BCUT2D eigenvalue weighted by Gasteiger charge is -2.37. The Morgan fingerprint density at radius 3 is 2.52 bits per heavy atom. The van der Waals surface area contributed by atoms with Crippen LogP contribution in [0.5, 0.6) is 0 Å². The molecule has 2 N–H and O–H groups in total. The molecule has 1 fully saturated rings. The Bertz CT molecular complexity index is 509. The van der Waals surface area contributed by atoms with Gasteiger partial charge in [0.2, 0.25) is 6.29 Å². The van der Waals surface area contributed by atoms with Crippen LogP contribution in [0.1, 0.15) is 40.0 Å². The first-order valence-electron chi connectivity index (χ1n) is 7.54. The van der Waals surface area contributed by atoms with Crippen molar-refractivity contribution in [3.63, 3.8) is 0 Å². The highest BCUT2D eigenvalue weighted by atomic mass is 16.6. The van der Waals surface area contributed by atoms with Crippen molar-refractivity contribution < 1.29 is 24.5 Å². The van der Waals surface area contributed by atoms with E-state index in [1.165, 1.54) is 0 Å². The molecule has 118 valence electrons. The third kappa shape index (κ3) is 2.14. The zero-order valence-electron chi connectivity index (χ0n) is 13.0. The maximum absolute atomic E-state index is 12.0. The highest BCUT2D eigenvalue weighted by Gasteiger charge is 2.56. The van der Waals surface area contributed by atoms with Crippen LogP contribution in [0.2, 0.25) is 0 Å². The van der Waals surface area contributed by atoms with Gasteiger partial charge < -0.3 is 19.7 Å². The van der Waals surface area contributed by atoms with Crippen LogP contribution >= 0.6 is 0 Å². The number of aliphatic hydroxyl groups is 2. The first-order valence-corrected chi connectivity index (χ1v) is 7.54. The van der Waals surface area contributed by atoms with E-state index in [-0.39, 0.29) is 17.3 Å². The molecule has 3 aliphatic rings. The molecule has 0 saturated heterocycles. The minimum atomic E-state index is -1.31. The normalized spacial score (nSPS) is 45.1. The summed E-state index contributed by atoms with van der Waals surface area (Å²) in [5.41, 5.74) is 0.336. The zero-order chi connectivity index (χ0) is 15.6. The van der Waals surface area contributed by atoms with Gasteiger partial charge in [0.25, 0.3) is 0 Å². The number of ether oxygens (including phenoxy) is 2. The number of hydrogen-bond acceptors (Lipinski definition) is 5. The number of hydrogen-bond donors (Lipinski definition) is 2. The number of carbonyl (C=O) groups excluding carboxylic acids is 1. The summed E-state index contributed by atoms with van der Waals surface area (Å²) in [5, 5.41) is 20.8. The lowest BCUT2D eigenvalue weighted by molar-refractivity contribution is -0.155. The van der Waals surface area contributed by atoms with Crippen LogP contribution in [-0.2, 0) is 14.3 Å². The predicted molar refractivity (Wildman–Crippen MR) is 75.2 cm³/mol. The number of aliphatic hydroxyl groups excluding tert-OH is 2. The number of fused-ring (bicyclic) bond motifs is 1. The van der Waals surface area contributed by atoms with Crippen LogP contribution in [0.3, 0.4) is 0 Å². The van der Waals surface area contributed by atoms with Gasteiger partial charge in [0.1, 0.15) is 0 Å². The van der Waals surface area contributed by atoms with Gasteiger partial charge in [-0.15, -0.1) is 0 Å². The quantitative estimate of drug-likeness (QED) is 0.715. The Hall–Kier alpha value is -0.910. The molecule has 2 aliphatic carbocycles.